The van der Waals surface area contributed by atoms with E-state index in [9.17, 15) is 4.79 Å². The third-order valence-electron chi connectivity index (χ3n) is 1.54. The van der Waals surface area contributed by atoms with E-state index in [0.717, 1.165) is 6.42 Å². The molecule has 3 heteroatoms. The van der Waals surface area contributed by atoms with Gasteiger partial charge < -0.3 is 0 Å². The van der Waals surface area contributed by atoms with E-state index in [-0.39, 0.29) is 11.5 Å². The van der Waals surface area contributed by atoms with E-state index >= 15 is 0 Å². The largest absolute Gasteiger partial charge is 0.293 e. The van der Waals surface area contributed by atoms with Crippen molar-refractivity contribution in [1.29, 1.82) is 0 Å². The highest BCUT2D eigenvalue weighted by molar-refractivity contribution is 7.81. The summed E-state index contributed by atoms with van der Waals surface area (Å²) in [5, 5.41) is 0.503. The summed E-state index contributed by atoms with van der Waals surface area (Å²) in [6, 6.07) is 0. The van der Waals surface area contributed by atoms with Crippen molar-refractivity contribution in [2.45, 2.75) is 6.42 Å². The summed E-state index contributed by atoms with van der Waals surface area (Å²) >= 11 is 9.75. The fourth-order valence-corrected chi connectivity index (χ4v) is 1.36. The first-order valence-corrected chi connectivity index (χ1v) is 4.63. The van der Waals surface area contributed by atoms with Crippen LogP contribution in [-0.2, 0) is 4.79 Å². The van der Waals surface area contributed by atoms with Crippen LogP contribution in [0.1, 0.15) is 6.42 Å². The summed E-state index contributed by atoms with van der Waals surface area (Å²) in [5.74, 6) is 0.180. The first-order valence-electron chi connectivity index (χ1n) is 3.62. The van der Waals surface area contributed by atoms with Crippen molar-refractivity contribution in [3.63, 3.8) is 0 Å². The normalized spacial score (nSPS) is 16.5. The highest BCUT2D eigenvalue weighted by Crippen LogP contribution is 2.19. The van der Waals surface area contributed by atoms with Gasteiger partial charge in [-0.25, -0.2) is 0 Å². The Labute approximate surface area is 82.2 Å². The zero-order valence-corrected chi connectivity index (χ0v) is 8.11. The van der Waals surface area contributed by atoms with Crippen molar-refractivity contribution in [2.24, 2.45) is 0 Å². The summed E-state index contributed by atoms with van der Waals surface area (Å²) in [6.07, 6.45) is 8.09. The molecule has 0 aromatic carbocycles. The van der Waals surface area contributed by atoms with Crippen LogP contribution in [0, 0.1) is 0 Å². The second-order valence-electron chi connectivity index (χ2n) is 2.38. The molecule has 0 spiro atoms. The van der Waals surface area contributed by atoms with Crippen molar-refractivity contribution in [3.8, 4) is 0 Å². The summed E-state index contributed by atoms with van der Waals surface area (Å²) in [7, 11) is 0. The van der Waals surface area contributed by atoms with Crippen molar-refractivity contribution >= 4 is 30.0 Å². The number of hydrogen-bond acceptors (Lipinski definition) is 2. The zero-order valence-electron chi connectivity index (χ0n) is 6.46. The number of hydrogen-bond donors (Lipinski definition) is 1. The van der Waals surface area contributed by atoms with Crippen LogP contribution < -0.4 is 0 Å². The molecular weight excluding hydrogens is 192 g/mol. The Kier molecular flexibility index (Phi) is 3.63. The maximum Gasteiger partial charge on any atom is 0.173 e. The minimum Gasteiger partial charge on any atom is -0.293 e. The molecule has 0 aliphatic heterocycles. The first kappa shape index (κ1) is 9.62. The molecule has 0 aromatic rings. The van der Waals surface area contributed by atoms with E-state index in [0.29, 0.717) is 10.6 Å². The van der Waals surface area contributed by atoms with Crippen LogP contribution in [0.15, 0.2) is 34.9 Å². The number of carbonyl (C=O) groups excluding carboxylic acids is 1. The molecule has 0 radical (unpaired) electrons. The number of carbonyl (C=O) groups is 1. The van der Waals surface area contributed by atoms with Crippen LogP contribution in [0.3, 0.4) is 0 Å². The number of allylic oxidation sites excluding steroid dienone is 6. The average molecular weight is 201 g/mol. The summed E-state index contributed by atoms with van der Waals surface area (Å²) < 4.78 is 0. The molecule has 1 nitrogen and oxygen atoms in total. The maximum atomic E-state index is 11.2. The lowest BCUT2D eigenvalue weighted by Crippen LogP contribution is -2.03. The molecule has 0 saturated heterocycles. The average Bonchev–Trinajstić information content (AvgIpc) is 2.28. The Bertz CT molecular complexity index is 276. The van der Waals surface area contributed by atoms with Crippen LogP contribution in [0.5, 0.6) is 0 Å². The van der Waals surface area contributed by atoms with Gasteiger partial charge in [0.1, 0.15) is 0 Å². The monoisotopic (exact) mass is 200 g/mol. The van der Waals surface area contributed by atoms with E-state index < -0.39 is 0 Å². The van der Waals surface area contributed by atoms with Gasteiger partial charge in [0, 0.05) is 5.57 Å². The number of ketones is 1. The molecule has 0 fully saturated rings. The zero-order chi connectivity index (χ0) is 8.97. The maximum absolute atomic E-state index is 11.2. The van der Waals surface area contributed by atoms with E-state index in [1.165, 1.54) is 0 Å². The van der Waals surface area contributed by atoms with Crippen molar-refractivity contribution in [2.75, 3.05) is 5.75 Å². The van der Waals surface area contributed by atoms with Gasteiger partial charge in [-0.1, -0.05) is 29.8 Å². The van der Waals surface area contributed by atoms with Gasteiger partial charge in [-0.05, 0) is 12.5 Å². The molecule has 1 aliphatic rings. The second-order valence-corrected chi connectivity index (χ2v) is 3.10. The Balaban J connectivity index is 2.89. The lowest BCUT2D eigenvalue weighted by Gasteiger charge is -2.00. The molecule has 12 heavy (non-hydrogen) atoms. The number of halogens is 1. The van der Waals surface area contributed by atoms with Crippen molar-refractivity contribution < 1.29 is 4.79 Å². The summed E-state index contributed by atoms with van der Waals surface area (Å²) in [4.78, 5) is 11.2. The fourth-order valence-electron chi connectivity index (χ4n) is 0.936. The molecule has 1 aliphatic carbocycles. The SMILES string of the molecule is O=C(CS)C1=CCC=CC=C1Cl. The van der Waals surface area contributed by atoms with Gasteiger partial charge in [0.05, 0.1) is 10.8 Å². The molecular formula is C9H9ClOS. The van der Waals surface area contributed by atoms with Gasteiger partial charge in [-0.2, -0.15) is 12.6 Å². The van der Waals surface area contributed by atoms with Gasteiger partial charge >= 0.3 is 0 Å². The molecule has 0 atom stereocenters. The Morgan fingerprint density at radius 3 is 3.08 bits per heavy atom. The number of rotatable bonds is 2. The number of thiol groups is 1. The third-order valence-corrected chi connectivity index (χ3v) is 2.15. The second kappa shape index (κ2) is 4.53. The van der Waals surface area contributed by atoms with E-state index in [1.54, 1.807) is 6.08 Å². The van der Waals surface area contributed by atoms with Gasteiger partial charge in [0.2, 0.25) is 0 Å². The van der Waals surface area contributed by atoms with Crippen LogP contribution in [-0.4, -0.2) is 11.5 Å². The molecule has 0 N–H and O–H groups in total. The fraction of sp³-hybridized carbons (Fsp3) is 0.222. The minimum atomic E-state index is -0.0247. The lowest BCUT2D eigenvalue weighted by molar-refractivity contribution is -0.112. The van der Waals surface area contributed by atoms with Crippen LogP contribution >= 0.6 is 24.2 Å². The van der Waals surface area contributed by atoms with Crippen molar-refractivity contribution in [1.82, 2.24) is 0 Å². The molecule has 0 saturated carbocycles. The standard InChI is InChI=1S/C9H9ClOS/c10-8-5-3-1-2-4-7(8)9(11)6-12/h1,3-5,12H,2,6H2. The minimum absolute atomic E-state index is 0.0247. The highest BCUT2D eigenvalue weighted by Gasteiger charge is 2.10. The predicted octanol–water partition coefficient (Wildman–Crippen LogP) is 2.49. The van der Waals surface area contributed by atoms with Crippen LogP contribution in [0.25, 0.3) is 0 Å². The molecule has 0 unspecified atom stereocenters. The Morgan fingerprint density at radius 2 is 2.42 bits per heavy atom. The molecule has 1 rings (SSSR count). The van der Waals surface area contributed by atoms with Crippen LogP contribution in [0.4, 0.5) is 0 Å². The van der Waals surface area contributed by atoms with Gasteiger partial charge in [-0.3, -0.25) is 4.79 Å². The smallest absolute Gasteiger partial charge is 0.173 e. The van der Waals surface area contributed by atoms with E-state index in [2.05, 4.69) is 12.6 Å². The molecule has 0 amide bonds. The predicted molar refractivity (Wildman–Crippen MR) is 54.6 cm³/mol. The van der Waals surface area contributed by atoms with E-state index in [1.807, 2.05) is 18.2 Å². The van der Waals surface area contributed by atoms with Gasteiger partial charge in [0.15, 0.2) is 5.78 Å². The molecule has 64 valence electrons. The third kappa shape index (κ3) is 2.26. The molecule has 0 heterocycles. The van der Waals surface area contributed by atoms with Crippen molar-refractivity contribution in [3.05, 3.63) is 34.9 Å². The summed E-state index contributed by atoms with van der Waals surface area (Å²) in [6.45, 7) is 0. The summed E-state index contributed by atoms with van der Waals surface area (Å²) in [5.41, 5.74) is 0.580. The van der Waals surface area contributed by atoms with Gasteiger partial charge in [0.25, 0.3) is 0 Å². The van der Waals surface area contributed by atoms with Crippen LogP contribution in [0.2, 0.25) is 0 Å². The highest BCUT2D eigenvalue weighted by atomic mass is 35.5. The Hall–Kier alpha value is -0.470. The topological polar surface area (TPSA) is 17.1 Å². The van der Waals surface area contributed by atoms with E-state index in [4.69, 9.17) is 11.6 Å². The Morgan fingerprint density at radius 1 is 1.67 bits per heavy atom. The number of Topliss-reactive ketones (excluding diaryl/α,β-unsaturated/α-hetero) is 1. The molecule has 0 aromatic heterocycles. The molecule has 0 bridgehead atoms. The first-order chi connectivity index (χ1) is 5.75. The van der Waals surface area contributed by atoms with Gasteiger partial charge in [-0.15, -0.1) is 0 Å². The quantitative estimate of drug-likeness (QED) is 0.678. The lowest BCUT2D eigenvalue weighted by atomic mass is 10.1.